The quantitative estimate of drug-likeness (QED) is 0.803. The number of aromatic hydroxyl groups is 1. The average molecular weight is 277 g/mol. The summed E-state index contributed by atoms with van der Waals surface area (Å²) in [5, 5.41) is 18.5. The number of amides is 2. The topological polar surface area (TPSA) is 94.9 Å². The maximum absolute atomic E-state index is 12.1. The number of carbonyl (C=O) groups excluding carboxylic acids is 2. The number of piperidine rings is 1. The maximum atomic E-state index is 12.1. The lowest BCUT2D eigenvalue weighted by atomic mass is 9.81. The first-order valence-electron chi connectivity index (χ1n) is 6.13. The number of phenols is 1. The molecule has 106 valence electrons. The first-order valence-corrected chi connectivity index (χ1v) is 6.13. The van der Waals surface area contributed by atoms with Gasteiger partial charge >= 0.3 is 5.97 Å². The SMILES string of the molecule is CC1(C)CC(=O)N(c2ccc(O)cc2C(=O)O)C(=O)C1. The minimum absolute atomic E-state index is 0.000741. The Labute approximate surface area is 115 Å². The van der Waals surface area contributed by atoms with Crippen molar-refractivity contribution in [2.24, 2.45) is 5.41 Å². The molecule has 1 saturated heterocycles. The lowest BCUT2D eigenvalue weighted by Crippen LogP contribution is -2.46. The third-order valence-corrected chi connectivity index (χ3v) is 3.21. The van der Waals surface area contributed by atoms with Crippen LogP contribution in [0.2, 0.25) is 0 Å². The fourth-order valence-electron chi connectivity index (χ4n) is 2.34. The number of carbonyl (C=O) groups is 3. The molecule has 1 aromatic carbocycles. The van der Waals surface area contributed by atoms with Crippen LogP contribution in [0.25, 0.3) is 0 Å². The summed E-state index contributed by atoms with van der Waals surface area (Å²) < 4.78 is 0. The van der Waals surface area contributed by atoms with Crippen LogP contribution in [0, 0.1) is 5.41 Å². The van der Waals surface area contributed by atoms with Gasteiger partial charge in [0.2, 0.25) is 11.8 Å². The molecule has 1 aliphatic rings. The molecular formula is C14H15NO5. The van der Waals surface area contributed by atoms with Gasteiger partial charge in [0.15, 0.2) is 0 Å². The van der Waals surface area contributed by atoms with Gasteiger partial charge in [-0.1, -0.05) is 13.8 Å². The number of nitrogens with zero attached hydrogens (tertiary/aromatic N) is 1. The number of benzene rings is 1. The Kier molecular flexibility index (Phi) is 3.25. The summed E-state index contributed by atoms with van der Waals surface area (Å²) >= 11 is 0. The zero-order valence-electron chi connectivity index (χ0n) is 11.2. The second kappa shape index (κ2) is 4.63. The smallest absolute Gasteiger partial charge is 0.337 e. The molecule has 0 bridgehead atoms. The van der Waals surface area contributed by atoms with Gasteiger partial charge in [-0.2, -0.15) is 0 Å². The van der Waals surface area contributed by atoms with E-state index in [1.165, 1.54) is 12.1 Å². The molecule has 0 radical (unpaired) electrons. The minimum Gasteiger partial charge on any atom is -0.508 e. The van der Waals surface area contributed by atoms with Gasteiger partial charge in [-0.15, -0.1) is 0 Å². The van der Waals surface area contributed by atoms with Crippen molar-refractivity contribution in [3.05, 3.63) is 23.8 Å². The summed E-state index contributed by atoms with van der Waals surface area (Å²) in [7, 11) is 0. The van der Waals surface area contributed by atoms with Gasteiger partial charge in [0.05, 0.1) is 11.3 Å². The van der Waals surface area contributed by atoms with Gasteiger partial charge < -0.3 is 10.2 Å². The van der Waals surface area contributed by atoms with Gasteiger partial charge in [-0.3, -0.25) is 9.59 Å². The van der Waals surface area contributed by atoms with Crippen molar-refractivity contribution in [3.8, 4) is 5.75 Å². The highest BCUT2D eigenvalue weighted by Crippen LogP contribution is 2.36. The van der Waals surface area contributed by atoms with Crippen LogP contribution in [0.3, 0.4) is 0 Å². The molecule has 0 spiro atoms. The second-order valence-corrected chi connectivity index (χ2v) is 5.65. The van der Waals surface area contributed by atoms with Crippen LogP contribution in [-0.2, 0) is 9.59 Å². The number of hydrogen-bond acceptors (Lipinski definition) is 4. The van der Waals surface area contributed by atoms with Crippen molar-refractivity contribution in [1.29, 1.82) is 0 Å². The third kappa shape index (κ3) is 2.49. The summed E-state index contributed by atoms with van der Waals surface area (Å²) in [6, 6.07) is 3.55. The van der Waals surface area contributed by atoms with Crippen molar-refractivity contribution in [1.82, 2.24) is 0 Å². The summed E-state index contributed by atoms with van der Waals surface area (Å²) in [6.07, 6.45) is 0.331. The molecule has 0 aliphatic carbocycles. The van der Waals surface area contributed by atoms with Crippen molar-refractivity contribution >= 4 is 23.5 Å². The lowest BCUT2D eigenvalue weighted by molar-refractivity contribution is -0.132. The normalized spacial score (nSPS) is 18.2. The number of hydrogen-bond donors (Lipinski definition) is 2. The summed E-state index contributed by atoms with van der Waals surface area (Å²) in [4.78, 5) is 36.4. The Hall–Kier alpha value is -2.37. The maximum Gasteiger partial charge on any atom is 0.337 e. The van der Waals surface area contributed by atoms with Crippen LogP contribution in [0.5, 0.6) is 5.75 Å². The molecular weight excluding hydrogens is 262 g/mol. The highest BCUT2D eigenvalue weighted by molar-refractivity contribution is 6.19. The largest absolute Gasteiger partial charge is 0.508 e. The van der Waals surface area contributed by atoms with E-state index in [0.29, 0.717) is 0 Å². The fraction of sp³-hybridized carbons (Fsp3) is 0.357. The standard InChI is InChI=1S/C14H15NO5/c1-14(2)6-11(17)15(12(18)7-14)10-4-3-8(16)5-9(10)13(19)20/h3-5,16H,6-7H2,1-2H3,(H,19,20). The van der Waals surface area contributed by atoms with E-state index in [1.807, 2.05) is 13.8 Å². The monoisotopic (exact) mass is 277 g/mol. The predicted molar refractivity (Wildman–Crippen MR) is 70.6 cm³/mol. The summed E-state index contributed by atoms with van der Waals surface area (Å²) in [5.74, 6) is -2.40. The first-order chi connectivity index (χ1) is 9.21. The molecule has 0 unspecified atom stereocenters. The van der Waals surface area contributed by atoms with Crippen molar-refractivity contribution in [2.75, 3.05) is 4.90 Å². The van der Waals surface area contributed by atoms with E-state index in [1.54, 1.807) is 0 Å². The molecule has 2 rings (SSSR count). The minimum atomic E-state index is -1.30. The number of carboxylic acid groups (broad SMARTS) is 1. The third-order valence-electron chi connectivity index (χ3n) is 3.21. The molecule has 1 aliphatic heterocycles. The Morgan fingerprint density at radius 2 is 1.75 bits per heavy atom. The Bertz CT molecular complexity index is 586. The van der Waals surface area contributed by atoms with Gasteiger partial charge in [-0.05, 0) is 23.6 Å². The Balaban J connectivity index is 2.49. The molecule has 6 nitrogen and oxygen atoms in total. The van der Waals surface area contributed by atoms with Crippen LogP contribution in [0.4, 0.5) is 5.69 Å². The van der Waals surface area contributed by atoms with Crippen LogP contribution in [0.15, 0.2) is 18.2 Å². The van der Waals surface area contributed by atoms with E-state index in [2.05, 4.69) is 0 Å². The van der Waals surface area contributed by atoms with E-state index in [-0.39, 0.29) is 29.8 Å². The number of rotatable bonds is 2. The van der Waals surface area contributed by atoms with Crippen molar-refractivity contribution in [3.63, 3.8) is 0 Å². The van der Waals surface area contributed by atoms with E-state index < -0.39 is 23.2 Å². The number of anilines is 1. The molecule has 1 fully saturated rings. The molecule has 1 aromatic rings. The highest BCUT2D eigenvalue weighted by Gasteiger charge is 2.39. The predicted octanol–water partition coefficient (Wildman–Crippen LogP) is 1.77. The highest BCUT2D eigenvalue weighted by atomic mass is 16.4. The van der Waals surface area contributed by atoms with Crippen molar-refractivity contribution in [2.45, 2.75) is 26.7 Å². The van der Waals surface area contributed by atoms with Crippen LogP contribution in [-0.4, -0.2) is 28.0 Å². The molecule has 0 atom stereocenters. The number of aromatic carboxylic acids is 1. The molecule has 0 saturated carbocycles. The van der Waals surface area contributed by atoms with E-state index in [0.717, 1.165) is 11.0 Å². The lowest BCUT2D eigenvalue weighted by Gasteiger charge is -2.35. The fourth-order valence-corrected chi connectivity index (χ4v) is 2.34. The number of imide groups is 1. The number of phenolic OH excluding ortho intramolecular Hbond substituents is 1. The molecule has 1 heterocycles. The van der Waals surface area contributed by atoms with E-state index >= 15 is 0 Å². The van der Waals surface area contributed by atoms with Gasteiger partial charge in [-0.25, -0.2) is 9.69 Å². The molecule has 2 amide bonds. The zero-order chi connectivity index (χ0) is 15.1. The Morgan fingerprint density at radius 1 is 1.20 bits per heavy atom. The van der Waals surface area contributed by atoms with Gasteiger partial charge in [0, 0.05) is 12.8 Å². The van der Waals surface area contributed by atoms with Crippen LogP contribution >= 0.6 is 0 Å². The van der Waals surface area contributed by atoms with E-state index in [4.69, 9.17) is 5.11 Å². The summed E-state index contributed by atoms with van der Waals surface area (Å²) in [6.45, 7) is 3.63. The first kappa shape index (κ1) is 14.0. The Morgan fingerprint density at radius 3 is 2.25 bits per heavy atom. The van der Waals surface area contributed by atoms with Crippen molar-refractivity contribution < 1.29 is 24.6 Å². The number of carboxylic acids is 1. The molecule has 2 N–H and O–H groups in total. The average Bonchev–Trinajstić information content (AvgIpc) is 2.28. The van der Waals surface area contributed by atoms with Gasteiger partial charge in [0.1, 0.15) is 5.75 Å². The molecule has 0 aromatic heterocycles. The second-order valence-electron chi connectivity index (χ2n) is 5.65. The molecule has 6 heteroatoms. The van der Waals surface area contributed by atoms with Crippen LogP contribution in [0.1, 0.15) is 37.0 Å². The summed E-state index contributed by atoms with van der Waals surface area (Å²) in [5.41, 5.74) is -0.697. The zero-order valence-corrected chi connectivity index (χ0v) is 11.2. The van der Waals surface area contributed by atoms with Gasteiger partial charge in [0.25, 0.3) is 0 Å². The van der Waals surface area contributed by atoms with E-state index in [9.17, 15) is 19.5 Å². The van der Waals surface area contributed by atoms with Crippen LogP contribution < -0.4 is 4.90 Å². The molecule has 20 heavy (non-hydrogen) atoms.